The SMILES string of the molecule is COCCNc1nc(N)c(C(=O)NCC(C)N(C)C)s1. The number of ether oxygens (including phenoxy) is 1. The van der Waals surface area contributed by atoms with Crippen molar-refractivity contribution in [2.75, 3.05) is 52.0 Å². The molecule has 0 saturated heterocycles. The number of amides is 1. The van der Waals surface area contributed by atoms with Crippen LogP contribution in [0.5, 0.6) is 0 Å². The van der Waals surface area contributed by atoms with E-state index >= 15 is 0 Å². The van der Waals surface area contributed by atoms with E-state index in [0.29, 0.717) is 29.7 Å². The number of methoxy groups -OCH3 is 1. The zero-order chi connectivity index (χ0) is 15.1. The number of aromatic nitrogens is 1. The van der Waals surface area contributed by atoms with Crippen molar-refractivity contribution in [2.45, 2.75) is 13.0 Å². The van der Waals surface area contributed by atoms with Crippen LogP contribution in [-0.4, -0.2) is 62.7 Å². The number of hydrogen-bond acceptors (Lipinski definition) is 7. The average Bonchev–Trinajstić information content (AvgIpc) is 2.77. The van der Waals surface area contributed by atoms with E-state index in [1.165, 1.54) is 11.3 Å². The molecule has 0 aliphatic rings. The van der Waals surface area contributed by atoms with E-state index in [9.17, 15) is 4.79 Å². The standard InChI is InChI=1S/C12H23N5O2S/c1-8(17(2)3)7-15-11(18)9-10(13)16-12(20-9)14-5-6-19-4/h8H,5-7,13H2,1-4H3,(H,14,16)(H,15,18). The zero-order valence-electron chi connectivity index (χ0n) is 12.4. The molecule has 4 N–H and O–H groups in total. The lowest BCUT2D eigenvalue weighted by molar-refractivity contribution is 0.0948. The van der Waals surface area contributed by atoms with Crippen LogP contribution in [0.3, 0.4) is 0 Å². The van der Waals surface area contributed by atoms with Crippen LogP contribution < -0.4 is 16.4 Å². The lowest BCUT2D eigenvalue weighted by Crippen LogP contribution is -2.38. The Labute approximate surface area is 123 Å². The van der Waals surface area contributed by atoms with Gasteiger partial charge in [0.15, 0.2) is 5.13 Å². The number of nitrogens with one attached hydrogen (secondary N) is 2. The van der Waals surface area contributed by atoms with Gasteiger partial charge < -0.3 is 26.0 Å². The third kappa shape index (κ3) is 4.95. The summed E-state index contributed by atoms with van der Waals surface area (Å²) in [5, 5.41) is 6.55. The Balaban J connectivity index is 2.55. The average molecular weight is 301 g/mol. The third-order valence-corrected chi connectivity index (χ3v) is 3.91. The Morgan fingerprint density at radius 3 is 2.85 bits per heavy atom. The van der Waals surface area contributed by atoms with Crippen LogP contribution >= 0.6 is 11.3 Å². The summed E-state index contributed by atoms with van der Waals surface area (Å²) in [6.45, 7) is 3.80. The van der Waals surface area contributed by atoms with Gasteiger partial charge in [-0.25, -0.2) is 4.98 Å². The van der Waals surface area contributed by atoms with Crippen molar-refractivity contribution < 1.29 is 9.53 Å². The van der Waals surface area contributed by atoms with Crippen LogP contribution in [0.2, 0.25) is 0 Å². The number of thiazole rings is 1. The highest BCUT2D eigenvalue weighted by molar-refractivity contribution is 7.18. The Hall–Kier alpha value is -1.38. The number of nitrogen functional groups attached to an aromatic ring is 1. The smallest absolute Gasteiger partial charge is 0.265 e. The molecule has 0 radical (unpaired) electrons. The summed E-state index contributed by atoms with van der Waals surface area (Å²) in [7, 11) is 5.56. The third-order valence-electron chi connectivity index (χ3n) is 2.88. The van der Waals surface area contributed by atoms with Crippen molar-refractivity contribution in [3.63, 3.8) is 0 Å². The van der Waals surface area contributed by atoms with E-state index < -0.39 is 0 Å². The minimum absolute atomic E-state index is 0.187. The van der Waals surface area contributed by atoms with E-state index in [4.69, 9.17) is 10.5 Å². The van der Waals surface area contributed by atoms with Crippen molar-refractivity contribution in [3.8, 4) is 0 Å². The van der Waals surface area contributed by atoms with Gasteiger partial charge in [-0.1, -0.05) is 11.3 Å². The summed E-state index contributed by atoms with van der Waals surface area (Å²) in [6, 6.07) is 0.257. The van der Waals surface area contributed by atoms with E-state index in [0.717, 1.165) is 0 Å². The number of rotatable bonds is 8. The topological polar surface area (TPSA) is 92.5 Å². The molecule has 0 aromatic carbocycles. The lowest BCUT2D eigenvalue weighted by Gasteiger charge is -2.19. The molecule has 0 spiro atoms. The first-order chi connectivity index (χ1) is 9.45. The zero-order valence-corrected chi connectivity index (χ0v) is 13.2. The minimum Gasteiger partial charge on any atom is -0.383 e. The van der Waals surface area contributed by atoms with E-state index in [1.807, 2.05) is 25.9 Å². The molecule has 1 aromatic rings. The Morgan fingerprint density at radius 1 is 1.55 bits per heavy atom. The van der Waals surface area contributed by atoms with Crippen LogP contribution in [0, 0.1) is 0 Å². The van der Waals surface area contributed by atoms with Crippen LogP contribution in [0.4, 0.5) is 10.9 Å². The number of hydrogen-bond donors (Lipinski definition) is 3. The largest absolute Gasteiger partial charge is 0.383 e. The van der Waals surface area contributed by atoms with E-state index in [1.54, 1.807) is 7.11 Å². The van der Waals surface area contributed by atoms with Gasteiger partial charge in [0.1, 0.15) is 10.7 Å². The molecule has 1 rings (SSSR count). The van der Waals surface area contributed by atoms with Gasteiger partial charge >= 0.3 is 0 Å². The molecular formula is C12H23N5O2S. The number of carbonyl (C=O) groups excluding carboxylic acids is 1. The predicted octanol–water partition coefficient (Wildman–Crippen LogP) is 0.464. The van der Waals surface area contributed by atoms with Crippen molar-refractivity contribution in [1.29, 1.82) is 0 Å². The summed E-state index contributed by atoms with van der Waals surface area (Å²) < 4.78 is 4.93. The molecule has 7 nitrogen and oxygen atoms in total. The fraction of sp³-hybridized carbons (Fsp3) is 0.667. The van der Waals surface area contributed by atoms with Gasteiger partial charge in [0.2, 0.25) is 0 Å². The molecule has 0 saturated carbocycles. The Morgan fingerprint density at radius 2 is 2.25 bits per heavy atom. The quantitative estimate of drug-likeness (QED) is 0.604. The summed E-state index contributed by atoms with van der Waals surface area (Å²) in [5.41, 5.74) is 5.77. The summed E-state index contributed by atoms with van der Waals surface area (Å²) in [4.78, 5) is 18.6. The maximum atomic E-state index is 12.0. The lowest BCUT2D eigenvalue weighted by atomic mass is 10.3. The van der Waals surface area contributed by atoms with Gasteiger partial charge in [0, 0.05) is 26.2 Å². The minimum atomic E-state index is -0.187. The first kappa shape index (κ1) is 16.7. The second-order valence-electron chi connectivity index (χ2n) is 4.68. The van der Waals surface area contributed by atoms with Gasteiger partial charge in [-0.15, -0.1) is 0 Å². The van der Waals surface area contributed by atoms with Crippen LogP contribution in [0.1, 0.15) is 16.6 Å². The van der Waals surface area contributed by atoms with Crippen molar-refractivity contribution in [3.05, 3.63) is 4.88 Å². The Bertz CT molecular complexity index is 435. The molecule has 1 atom stereocenters. The number of carbonyl (C=O) groups is 1. The molecule has 1 amide bonds. The number of nitrogens with zero attached hydrogens (tertiary/aromatic N) is 2. The Kier molecular flexibility index (Phi) is 6.69. The number of nitrogens with two attached hydrogens (primary N) is 1. The van der Waals surface area contributed by atoms with Crippen LogP contribution in [-0.2, 0) is 4.74 Å². The van der Waals surface area contributed by atoms with Crippen LogP contribution in [0.15, 0.2) is 0 Å². The van der Waals surface area contributed by atoms with Gasteiger partial charge in [-0.2, -0.15) is 0 Å². The van der Waals surface area contributed by atoms with Crippen molar-refractivity contribution in [2.24, 2.45) is 0 Å². The summed E-state index contributed by atoms with van der Waals surface area (Å²) in [5.74, 6) is 0.0680. The molecule has 0 fully saturated rings. The summed E-state index contributed by atoms with van der Waals surface area (Å²) >= 11 is 1.25. The van der Waals surface area contributed by atoms with Gasteiger partial charge in [0.25, 0.3) is 5.91 Å². The second kappa shape index (κ2) is 8.03. The second-order valence-corrected chi connectivity index (χ2v) is 5.67. The molecular weight excluding hydrogens is 278 g/mol. The molecule has 114 valence electrons. The molecule has 1 aromatic heterocycles. The highest BCUT2D eigenvalue weighted by Gasteiger charge is 2.16. The highest BCUT2D eigenvalue weighted by atomic mass is 32.1. The van der Waals surface area contributed by atoms with Gasteiger partial charge in [-0.05, 0) is 21.0 Å². The summed E-state index contributed by atoms with van der Waals surface area (Å²) in [6.07, 6.45) is 0. The number of likely N-dealkylation sites (N-methyl/N-ethyl adjacent to an activating group) is 1. The predicted molar refractivity (Wildman–Crippen MR) is 82.4 cm³/mol. The fourth-order valence-electron chi connectivity index (χ4n) is 1.33. The van der Waals surface area contributed by atoms with Crippen LogP contribution in [0.25, 0.3) is 0 Å². The molecule has 0 bridgehead atoms. The normalized spacial score (nSPS) is 12.4. The molecule has 8 heteroatoms. The highest BCUT2D eigenvalue weighted by Crippen LogP contribution is 2.24. The van der Waals surface area contributed by atoms with E-state index in [2.05, 4.69) is 15.6 Å². The van der Waals surface area contributed by atoms with Gasteiger partial charge in [0.05, 0.1) is 6.61 Å². The molecule has 0 aliphatic carbocycles. The maximum Gasteiger partial charge on any atom is 0.265 e. The maximum absolute atomic E-state index is 12.0. The molecule has 1 heterocycles. The fourth-order valence-corrected chi connectivity index (χ4v) is 2.16. The number of anilines is 2. The first-order valence-electron chi connectivity index (χ1n) is 6.39. The first-order valence-corrected chi connectivity index (χ1v) is 7.21. The molecule has 20 heavy (non-hydrogen) atoms. The van der Waals surface area contributed by atoms with E-state index in [-0.39, 0.29) is 17.8 Å². The monoisotopic (exact) mass is 301 g/mol. The molecule has 1 unspecified atom stereocenters. The van der Waals surface area contributed by atoms with Crippen molar-refractivity contribution >= 4 is 28.2 Å². The molecule has 0 aliphatic heterocycles. The van der Waals surface area contributed by atoms with Crippen molar-refractivity contribution in [1.82, 2.24) is 15.2 Å². The van der Waals surface area contributed by atoms with Gasteiger partial charge in [-0.3, -0.25) is 4.79 Å².